The SMILES string of the molecule is CC=CCn1c(N2CCC[C@@H](N)C2)nc2c1c(=O)n(CC(=O)c1ccccc1OCC(=O)NCC)c(=O)n2C. The van der Waals surface area contributed by atoms with Crippen molar-refractivity contribution in [2.24, 2.45) is 12.8 Å². The Labute approximate surface area is 225 Å². The molecule has 1 atom stereocenters. The Bertz CT molecular complexity index is 1520. The summed E-state index contributed by atoms with van der Waals surface area (Å²) in [6.07, 6.45) is 5.58. The number of Topliss-reactive ketones (excluding diaryl/α,β-unsaturated/α-hetero) is 1. The molecule has 1 aliphatic heterocycles. The number of ketones is 1. The topological polar surface area (TPSA) is 146 Å². The van der Waals surface area contributed by atoms with Gasteiger partial charge in [0.2, 0.25) is 5.95 Å². The average Bonchev–Trinajstić information content (AvgIpc) is 3.32. The number of hydrogen-bond acceptors (Lipinski definition) is 8. The van der Waals surface area contributed by atoms with Gasteiger partial charge in [0.25, 0.3) is 11.5 Å². The van der Waals surface area contributed by atoms with E-state index in [-0.39, 0.29) is 41.0 Å². The second-order valence-corrected chi connectivity index (χ2v) is 9.51. The number of rotatable bonds is 10. The van der Waals surface area contributed by atoms with Crippen molar-refractivity contribution in [3.05, 3.63) is 62.8 Å². The highest BCUT2D eigenvalue weighted by molar-refractivity contribution is 5.98. The fourth-order valence-corrected chi connectivity index (χ4v) is 4.76. The third-order valence-electron chi connectivity index (χ3n) is 6.70. The van der Waals surface area contributed by atoms with Crippen LogP contribution in [0.25, 0.3) is 11.2 Å². The summed E-state index contributed by atoms with van der Waals surface area (Å²) in [5.74, 6) is -0.0583. The number of para-hydroxylation sites is 1. The number of anilines is 1. The van der Waals surface area contributed by atoms with E-state index in [1.165, 1.54) is 17.7 Å². The highest BCUT2D eigenvalue weighted by atomic mass is 16.5. The number of allylic oxidation sites excluding steroid dienone is 2. The van der Waals surface area contributed by atoms with Crippen LogP contribution in [-0.4, -0.2) is 62.7 Å². The van der Waals surface area contributed by atoms with Gasteiger partial charge in [-0.3, -0.25) is 23.5 Å². The maximum Gasteiger partial charge on any atom is 0.332 e. The minimum atomic E-state index is -0.654. The number of amides is 1. The first-order valence-corrected chi connectivity index (χ1v) is 13.1. The molecular weight excluding hydrogens is 502 g/mol. The Morgan fingerprint density at radius 2 is 2.00 bits per heavy atom. The molecule has 39 heavy (non-hydrogen) atoms. The van der Waals surface area contributed by atoms with Crippen LogP contribution >= 0.6 is 0 Å². The van der Waals surface area contributed by atoms with Crippen molar-refractivity contribution in [3.8, 4) is 5.75 Å². The molecule has 0 bridgehead atoms. The van der Waals surface area contributed by atoms with E-state index in [0.717, 1.165) is 24.0 Å². The van der Waals surface area contributed by atoms with Crippen LogP contribution in [0.4, 0.5) is 5.95 Å². The number of aryl methyl sites for hydroxylation is 1. The van der Waals surface area contributed by atoms with Crippen molar-refractivity contribution in [2.45, 2.75) is 45.8 Å². The van der Waals surface area contributed by atoms with E-state index in [2.05, 4.69) is 5.32 Å². The van der Waals surface area contributed by atoms with Crippen molar-refractivity contribution in [2.75, 3.05) is 31.1 Å². The van der Waals surface area contributed by atoms with Gasteiger partial charge in [0.15, 0.2) is 23.6 Å². The second-order valence-electron chi connectivity index (χ2n) is 9.51. The quantitative estimate of drug-likeness (QED) is 0.285. The summed E-state index contributed by atoms with van der Waals surface area (Å²) >= 11 is 0. The molecule has 3 heterocycles. The van der Waals surface area contributed by atoms with Gasteiger partial charge in [0.05, 0.1) is 12.1 Å². The molecule has 0 aliphatic carbocycles. The predicted octanol–water partition coefficient (Wildman–Crippen LogP) is 0.798. The number of nitrogens with two attached hydrogens (primary N) is 1. The monoisotopic (exact) mass is 537 g/mol. The number of nitrogens with one attached hydrogen (secondary N) is 1. The molecule has 1 fully saturated rings. The van der Waals surface area contributed by atoms with Crippen LogP contribution in [0.15, 0.2) is 46.0 Å². The molecule has 3 N–H and O–H groups in total. The van der Waals surface area contributed by atoms with E-state index in [4.69, 9.17) is 15.5 Å². The Morgan fingerprint density at radius 1 is 1.23 bits per heavy atom. The number of imidazole rings is 1. The van der Waals surface area contributed by atoms with Crippen molar-refractivity contribution in [1.82, 2.24) is 24.0 Å². The van der Waals surface area contributed by atoms with Crippen molar-refractivity contribution in [3.63, 3.8) is 0 Å². The van der Waals surface area contributed by atoms with E-state index in [1.54, 1.807) is 29.7 Å². The van der Waals surface area contributed by atoms with Crippen molar-refractivity contribution < 1.29 is 14.3 Å². The Morgan fingerprint density at radius 3 is 2.72 bits per heavy atom. The van der Waals surface area contributed by atoms with Crippen LogP contribution in [0.1, 0.15) is 37.0 Å². The lowest BCUT2D eigenvalue weighted by Crippen LogP contribution is -2.44. The van der Waals surface area contributed by atoms with E-state index >= 15 is 0 Å². The average molecular weight is 538 g/mol. The van der Waals surface area contributed by atoms with Crippen molar-refractivity contribution in [1.29, 1.82) is 0 Å². The first-order valence-electron chi connectivity index (χ1n) is 13.1. The summed E-state index contributed by atoms with van der Waals surface area (Å²) in [5.41, 5.74) is 5.60. The lowest BCUT2D eigenvalue weighted by molar-refractivity contribution is -0.123. The molecule has 1 saturated heterocycles. The number of fused-ring (bicyclic) bond motifs is 1. The molecule has 2 aromatic heterocycles. The van der Waals surface area contributed by atoms with Gasteiger partial charge in [-0.1, -0.05) is 24.3 Å². The molecule has 208 valence electrons. The maximum atomic E-state index is 13.8. The number of hydrogen-bond donors (Lipinski definition) is 2. The zero-order valence-corrected chi connectivity index (χ0v) is 22.6. The number of nitrogens with zero attached hydrogens (tertiary/aromatic N) is 5. The Kier molecular flexibility index (Phi) is 8.65. The molecule has 1 amide bonds. The van der Waals surface area contributed by atoms with E-state index in [0.29, 0.717) is 25.6 Å². The van der Waals surface area contributed by atoms with Gasteiger partial charge >= 0.3 is 5.69 Å². The smallest absolute Gasteiger partial charge is 0.332 e. The highest BCUT2D eigenvalue weighted by Gasteiger charge is 2.27. The van der Waals surface area contributed by atoms with Crippen LogP contribution < -0.4 is 31.9 Å². The summed E-state index contributed by atoms with van der Waals surface area (Å²) in [7, 11) is 1.53. The van der Waals surface area contributed by atoms with Gasteiger partial charge in [-0.25, -0.2) is 4.79 Å². The zero-order valence-electron chi connectivity index (χ0n) is 22.6. The highest BCUT2D eigenvalue weighted by Crippen LogP contribution is 2.23. The van der Waals surface area contributed by atoms with Gasteiger partial charge in [0, 0.05) is 39.3 Å². The second kappa shape index (κ2) is 12.1. The standard InChI is InChI=1S/C27H35N7O5/c1-4-6-14-33-23-24(30-26(33)32-13-9-10-18(28)15-32)31(3)27(38)34(25(23)37)16-20(35)19-11-7-8-12-21(19)39-17-22(36)29-5-2/h4,6-8,11-12,18H,5,9-10,13-17,28H2,1-3H3,(H,29,36)/t18-/m1/s1. The maximum absolute atomic E-state index is 13.8. The number of aromatic nitrogens is 4. The molecule has 0 radical (unpaired) electrons. The summed E-state index contributed by atoms with van der Waals surface area (Å²) in [6.45, 7) is 5.06. The van der Waals surface area contributed by atoms with Crippen LogP contribution in [0, 0.1) is 0 Å². The minimum absolute atomic E-state index is 0.0119. The summed E-state index contributed by atoms with van der Waals surface area (Å²) < 4.78 is 9.56. The van der Waals surface area contributed by atoms with E-state index in [1.807, 2.05) is 24.0 Å². The third-order valence-corrected chi connectivity index (χ3v) is 6.70. The lowest BCUT2D eigenvalue weighted by Gasteiger charge is -2.31. The first-order chi connectivity index (χ1) is 18.8. The number of ether oxygens (including phenoxy) is 1. The Balaban J connectivity index is 1.75. The number of piperidine rings is 1. The normalized spacial score (nSPS) is 15.7. The van der Waals surface area contributed by atoms with Gasteiger partial charge in [-0.2, -0.15) is 4.98 Å². The number of benzene rings is 1. The molecular formula is C27H35N7O5. The van der Waals surface area contributed by atoms with Crippen molar-refractivity contribution >= 4 is 28.8 Å². The summed E-state index contributed by atoms with van der Waals surface area (Å²) in [5, 5.41) is 2.63. The molecule has 1 aromatic carbocycles. The predicted molar refractivity (Wildman–Crippen MR) is 148 cm³/mol. The first kappa shape index (κ1) is 27.8. The number of likely N-dealkylation sites (N-methyl/N-ethyl adjacent to an activating group) is 1. The van der Waals surface area contributed by atoms with Gasteiger partial charge in [0.1, 0.15) is 5.75 Å². The molecule has 0 saturated carbocycles. The van der Waals surface area contributed by atoms with Crippen LogP contribution in [0.3, 0.4) is 0 Å². The summed E-state index contributed by atoms with van der Waals surface area (Å²) in [6, 6.07) is 6.42. The molecule has 4 rings (SSSR count). The van der Waals surface area contributed by atoms with Gasteiger partial charge < -0.3 is 25.3 Å². The molecule has 3 aromatic rings. The van der Waals surface area contributed by atoms with E-state index < -0.39 is 23.6 Å². The number of carbonyl (C=O) groups is 2. The molecule has 0 spiro atoms. The fraction of sp³-hybridized carbons (Fsp3) is 0.444. The summed E-state index contributed by atoms with van der Waals surface area (Å²) in [4.78, 5) is 59.0. The van der Waals surface area contributed by atoms with Crippen LogP contribution in [-0.2, 0) is 24.9 Å². The zero-order chi connectivity index (χ0) is 28.1. The lowest BCUT2D eigenvalue weighted by atomic mass is 10.1. The van der Waals surface area contributed by atoms with Gasteiger partial charge in [-0.15, -0.1) is 0 Å². The number of carbonyl (C=O) groups excluding carboxylic acids is 2. The largest absolute Gasteiger partial charge is 0.483 e. The minimum Gasteiger partial charge on any atom is -0.483 e. The Hall–Kier alpha value is -4.19. The van der Waals surface area contributed by atoms with Crippen LogP contribution in [0.5, 0.6) is 5.75 Å². The molecule has 12 heteroatoms. The molecule has 12 nitrogen and oxygen atoms in total. The third kappa shape index (κ3) is 5.80. The van der Waals surface area contributed by atoms with Crippen LogP contribution in [0.2, 0.25) is 0 Å². The fourth-order valence-electron chi connectivity index (χ4n) is 4.76. The molecule has 1 aliphatic rings. The van der Waals surface area contributed by atoms with E-state index in [9.17, 15) is 19.2 Å². The van der Waals surface area contributed by atoms with Gasteiger partial charge in [-0.05, 0) is 38.8 Å². The molecule has 0 unspecified atom stereocenters.